The molecular weight excluding hydrogens is 490 g/mol. The maximum Gasteiger partial charge on any atom is 0.402 e. The lowest BCUT2D eigenvalue weighted by atomic mass is 10.1. The van der Waals surface area contributed by atoms with E-state index in [4.69, 9.17) is 19.4 Å². The van der Waals surface area contributed by atoms with E-state index in [9.17, 15) is 0 Å². The van der Waals surface area contributed by atoms with Gasteiger partial charge in [0.25, 0.3) is 0 Å². The summed E-state index contributed by atoms with van der Waals surface area (Å²) in [5.74, 6) is 1.89. The molecule has 1 aromatic carbocycles. The van der Waals surface area contributed by atoms with Gasteiger partial charge in [-0.2, -0.15) is 19.7 Å². The van der Waals surface area contributed by atoms with E-state index in [1.807, 2.05) is 41.3 Å². The predicted octanol–water partition coefficient (Wildman–Crippen LogP) is 2.99. The molecule has 6 rings (SSSR count). The van der Waals surface area contributed by atoms with Crippen LogP contribution >= 0.6 is 0 Å². The van der Waals surface area contributed by atoms with E-state index in [1.54, 1.807) is 17.8 Å². The van der Waals surface area contributed by atoms with Crippen LogP contribution in [-0.4, -0.2) is 62.1 Å². The number of carbonyl (C=O) groups is 1. The molecule has 5 aromatic rings. The zero-order chi connectivity index (χ0) is 26.5. The van der Waals surface area contributed by atoms with E-state index in [-0.39, 0.29) is 0 Å². The molecule has 1 saturated carbocycles. The van der Waals surface area contributed by atoms with E-state index < -0.39 is 6.09 Å². The van der Waals surface area contributed by atoms with Crippen molar-refractivity contribution < 1.29 is 14.4 Å². The molecule has 0 unspecified atom stereocenters. The Kier molecular flexibility index (Phi) is 7.19. The van der Waals surface area contributed by atoms with E-state index >= 15 is 0 Å². The van der Waals surface area contributed by atoms with Crippen LogP contribution < -0.4 is 11.1 Å². The van der Waals surface area contributed by atoms with E-state index in [0.29, 0.717) is 47.8 Å². The number of nitrogens with one attached hydrogen (secondary N) is 1. The lowest BCUT2D eigenvalue weighted by Gasteiger charge is -2.11. The Morgan fingerprint density at radius 2 is 1.92 bits per heavy atom. The van der Waals surface area contributed by atoms with Gasteiger partial charge in [0.05, 0.1) is 18.1 Å². The molecule has 1 fully saturated rings. The Morgan fingerprint density at radius 3 is 2.63 bits per heavy atom. The normalized spacial score (nSPS) is 13.4. The maximum absolute atomic E-state index is 8.78. The molecule has 0 aliphatic heterocycles. The summed E-state index contributed by atoms with van der Waals surface area (Å²) in [6.45, 7) is 2.46. The summed E-state index contributed by atoms with van der Waals surface area (Å²) in [6, 6.07) is 8.56. The van der Waals surface area contributed by atoms with Crippen LogP contribution in [0.1, 0.15) is 37.4 Å². The third kappa shape index (κ3) is 5.91. The maximum atomic E-state index is 8.78. The summed E-state index contributed by atoms with van der Waals surface area (Å²) in [4.78, 5) is 22.1. The van der Waals surface area contributed by atoms with Gasteiger partial charge in [0.15, 0.2) is 17.0 Å². The second-order valence-corrected chi connectivity index (χ2v) is 8.89. The number of anilines is 1. The molecule has 4 aromatic heterocycles. The van der Waals surface area contributed by atoms with Gasteiger partial charge >= 0.3 is 6.09 Å². The van der Waals surface area contributed by atoms with Crippen molar-refractivity contribution in [2.75, 3.05) is 5.32 Å². The molecule has 0 spiro atoms. The van der Waals surface area contributed by atoms with E-state index in [0.717, 1.165) is 29.7 Å². The summed E-state index contributed by atoms with van der Waals surface area (Å²) < 4.78 is 8.65. The molecule has 0 saturated heterocycles. The molecule has 1 amide bonds. The number of hydrogen-bond donors (Lipinski definition) is 3. The molecule has 1 aliphatic rings. The van der Waals surface area contributed by atoms with Crippen molar-refractivity contribution in [2.24, 2.45) is 5.73 Å². The average molecular weight is 518 g/mol. The number of carboxylic acid groups (broad SMARTS) is 1. The molecule has 4 N–H and O–H groups in total. The van der Waals surface area contributed by atoms with Crippen molar-refractivity contribution in [3.63, 3.8) is 0 Å². The Balaban J connectivity index is 0.000000689. The van der Waals surface area contributed by atoms with Gasteiger partial charge in [-0.3, -0.25) is 4.68 Å². The lowest BCUT2D eigenvalue weighted by molar-refractivity contribution is 0.205. The quantitative estimate of drug-likeness (QED) is 0.288. The summed E-state index contributed by atoms with van der Waals surface area (Å²) in [6.07, 6.45) is 9.75. The number of nitrogens with two attached hydrogens (primary N) is 1. The molecule has 0 bridgehead atoms. The van der Waals surface area contributed by atoms with Crippen molar-refractivity contribution in [3.05, 3.63) is 54.6 Å². The highest BCUT2D eigenvalue weighted by Crippen LogP contribution is 2.24. The molecule has 0 radical (unpaired) electrons. The van der Waals surface area contributed by atoms with Crippen molar-refractivity contribution in [1.82, 2.24) is 44.9 Å². The van der Waals surface area contributed by atoms with Gasteiger partial charge < -0.3 is 20.7 Å². The Bertz CT molecular complexity index is 1510. The number of primary amides is 1. The van der Waals surface area contributed by atoms with Crippen LogP contribution in [0.25, 0.3) is 28.0 Å². The third-order valence-electron chi connectivity index (χ3n) is 6.09. The fraction of sp³-hybridized carbons (Fsp3) is 0.333. The van der Waals surface area contributed by atoms with Crippen LogP contribution in [0.5, 0.6) is 0 Å². The Morgan fingerprint density at radius 1 is 1.16 bits per heavy atom. The topological polar surface area (TPSA) is 189 Å². The van der Waals surface area contributed by atoms with Crippen LogP contribution in [0, 0.1) is 6.92 Å². The predicted molar refractivity (Wildman–Crippen MR) is 137 cm³/mol. The minimum absolute atomic E-state index is 0.443. The summed E-state index contributed by atoms with van der Waals surface area (Å²) in [5, 5.41) is 27.6. The number of hydrogen-bond acceptors (Lipinski definition) is 10. The second-order valence-electron chi connectivity index (χ2n) is 8.89. The highest BCUT2D eigenvalue weighted by Gasteiger charge is 2.17. The van der Waals surface area contributed by atoms with Gasteiger partial charge in [0.1, 0.15) is 0 Å². The number of aryl methyl sites for hydroxylation is 3. The van der Waals surface area contributed by atoms with Gasteiger partial charge in [0.2, 0.25) is 11.8 Å². The SMILES string of the molecule is Cc1nc(CCn2cc(-c3ccc(-n4nnc5cnc(NC6CCCC6)nc54)cc3)cn2)no1.NC(=O)O. The molecular formula is C24H27N11O3. The van der Waals surface area contributed by atoms with Crippen LogP contribution in [0.15, 0.2) is 47.4 Å². The summed E-state index contributed by atoms with van der Waals surface area (Å²) >= 11 is 0. The number of fused-ring (bicyclic) bond motifs is 1. The first kappa shape index (κ1) is 24.8. The molecule has 14 heteroatoms. The number of benzene rings is 1. The number of rotatable bonds is 7. The Hall–Kier alpha value is -4.88. The standard InChI is InChI=1S/C23H24N10O.CH3NO2/c1-15-26-21(30-34-15)10-11-32-14-17(12-25-32)16-6-8-19(9-7-16)33-22-20(29-31-33)13-24-23(28-22)27-18-4-2-3-5-18;2-1(3)4/h6-9,12-14,18H,2-5,10-11H2,1H3,(H,24,27,28);2H2,(H,3,4). The minimum Gasteiger partial charge on any atom is -0.465 e. The number of aromatic nitrogens is 9. The van der Waals surface area contributed by atoms with Crippen molar-refractivity contribution >= 4 is 23.2 Å². The molecule has 1 aliphatic carbocycles. The lowest BCUT2D eigenvalue weighted by Crippen LogP contribution is -2.16. The highest BCUT2D eigenvalue weighted by molar-refractivity contribution is 5.72. The highest BCUT2D eigenvalue weighted by atomic mass is 16.5. The first-order valence-corrected chi connectivity index (χ1v) is 12.2. The van der Waals surface area contributed by atoms with E-state index in [2.05, 4.69) is 41.6 Å². The van der Waals surface area contributed by atoms with Gasteiger partial charge in [0, 0.05) is 37.7 Å². The molecule has 14 nitrogen and oxygen atoms in total. The van der Waals surface area contributed by atoms with Crippen LogP contribution in [0.2, 0.25) is 0 Å². The summed E-state index contributed by atoms with van der Waals surface area (Å²) in [5.41, 5.74) is 8.36. The third-order valence-corrected chi connectivity index (χ3v) is 6.09. The molecule has 4 heterocycles. The van der Waals surface area contributed by atoms with Crippen LogP contribution in [0.3, 0.4) is 0 Å². The van der Waals surface area contributed by atoms with Gasteiger partial charge in [-0.05, 0) is 30.5 Å². The van der Waals surface area contributed by atoms with Gasteiger partial charge in [-0.25, -0.2) is 9.78 Å². The van der Waals surface area contributed by atoms with Gasteiger partial charge in [-0.15, -0.1) is 5.10 Å². The smallest absolute Gasteiger partial charge is 0.402 e. The molecule has 38 heavy (non-hydrogen) atoms. The van der Waals surface area contributed by atoms with Crippen molar-refractivity contribution in [2.45, 2.75) is 51.6 Å². The van der Waals surface area contributed by atoms with Gasteiger partial charge in [-0.1, -0.05) is 35.3 Å². The fourth-order valence-electron chi connectivity index (χ4n) is 4.31. The summed E-state index contributed by atoms with van der Waals surface area (Å²) in [7, 11) is 0. The minimum atomic E-state index is -1.33. The van der Waals surface area contributed by atoms with Crippen LogP contribution in [-0.2, 0) is 13.0 Å². The second kappa shape index (κ2) is 11.0. The number of nitrogens with zero attached hydrogens (tertiary/aromatic N) is 9. The first-order valence-electron chi connectivity index (χ1n) is 12.2. The number of amides is 1. The first-order chi connectivity index (χ1) is 18.4. The van der Waals surface area contributed by atoms with Crippen LogP contribution in [0.4, 0.5) is 10.7 Å². The Labute approximate surface area is 216 Å². The molecule has 196 valence electrons. The largest absolute Gasteiger partial charge is 0.465 e. The fourth-order valence-corrected chi connectivity index (χ4v) is 4.31. The zero-order valence-corrected chi connectivity index (χ0v) is 20.7. The molecule has 0 atom stereocenters. The average Bonchev–Trinajstić information content (AvgIpc) is 3.70. The van der Waals surface area contributed by atoms with Crippen molar-refractivity contribution in [1.29, 1.82) is 0 Å². The zero-order valence-electron chi connectivity index (χ0n) is 20.7. The van der Waals surface area contributed by atoms with Crippen molar-refractivity contribution in [3.8, 4) is 16.8 Å². The van der Waals surface area contributed by atoms with E-state index in [1.165, 1.54) is 12.8 Å². The monoisotopic (exact) mass is 517 g/mol.